The molecule has 1 aromatic heterocycles. The van der Waals surface area contributed by atoms with Crippen LogP contribution in [0.5, 0.6) is 0 Å². The second kappa shape index (κ2) is 5.49. The standard InChI is InChI=1S/C18H13NO/c20-13-17-7-4-8-18(19-17)16-11-9-15(10-12-16)14-5-2-1-3-6-14/h1-13H. The van der Waals surface area contributed by atoms with Crippen molar-refractivity contribution in [2.75, 3.05) is 0 Å². The fourth-order valence-electron chi connectivity index (χ4n) is 2.14. The molecule has 0 N–H and O–H groups in total. The van der Waals surface area contributed by atoms with Crippen molar-refractivity contribution in [2.24, 2.45) is 0 Å². The van der Waals surface area contributed by atoms with Gasteiger partial charge in [-0.1, -0.05) is 60.7 Å². The Bertz CT molecular complexity index is 718. The maximum atomic E-state index is 10.8. The molecule has 0 saturated carbocycles. The van der Waals surface area contributed by atoms with Crippen molar-refractivity contribution in [1.29, 1.82) is 0 Å². The molecular formula is C18H13NO. The van der Waals surface area contributed by atoms with Crippen molar-refractivity contribution in [3.8, 4) is 22.4 Å². The molecule has 0 amide bonds. The van der Waals surface area contributed by atoms with Gasteiger partial charge in [-0.15, -0.1) is 0 Å². The van der Waals surface area contributed by atoms with E-state index in [9.17, 15) is 4.79 Å². The number of aldehydes is 1. The van der Waals surface area contributed by atoms with E-state index in [0.29, 0.717) is 5.69 Å². The van der Waals surface area contributed by atoms with Crippen LogP contribution in [-0.4, -0.2) is 11.3 Å². The van der Waals surface area contributed by atoms with Gasteiger partial charge in [0.05, 0.1) is 5.69 Å². The average molecular weight is 259 g/mol. The summed E-state index contributed by atoms with van der Waals surface area (Å²) in [6, 6.07) is 23.9. The van der Waals surface area contributed by atoms with E-state index in [2.05, 4.69) is 29.2 Å². The Morgan fingerprint density at radius 3 is 2.00 bits per heavy atom. The fourth-order valence-corrected chi connectivity index (χ4v) is 2.14. The Morgan fingerprint density at radius 1 is 0.650 bits per heavy atom. The Balaban J connectivity index is 1.95. The number of carbonyl (C=O) groups is 1. The Labute approximate surface area is 117 Å². The maximum absolute atomic E-state index is 10.8. The molecule has 0 aliphatic heterocycles. The number of hydrogen-bond acceptors (Lipinski definition) is 2. The quantitative estimate of drug-likeness (QED) is 0.659. The van der Waals surface area contributed by atoms with Crippen LogP contribution in [0.2, 0.25) is 0 Å². The molecule has 0 atom stereocenters. The largest absolute Gasteiger partial charge is 0.296 e. The van der Waals surface area contributed by atoms with E-state index in [-0.39, 0.29) is 0 Å². The van der Waals surface area contributed by atoms with Gasteiger partial charge in [-0.05, 0) is 23.3 Å². The lowest BCUT2D eigenvalue weighted by Gasteiger charge is -2.04. The zero-order valence-electron chi connectivity index (χ0n) is 10.9. The average Bonchev–Trinajstić information content (AvgIpc) is 2.56. The van der Waals surface area contributed by atoms with Gasteiger partial charge in [0, 0.05) is 5.56 Å². The summed E-state index contributed by atoms with van der Waals surface area (Å²) in [5.74, 6) is 0. The lowest BCUT2D eigenvalue weighted by molar-refractivity contribution is 0.111. The molecule has 0 fully saturated rings. The van der Waals surface area contributed by atoms with E-state index in [0.717, 1.165) is 17.5 Å². The summed E-state index contributed by atoms with van der Waals surface area (Å²) >= 11 is 0. The molecular weight excluding hydrogens is 246 g/mol. The van der Waals surface area contributed by atoms with Crippen molar-refractivity contribution in [2.45, 2.75) is 0 Å². The van der Waals surface area contributed by atoms with E-state index in [1.807, 2.05) is 42.5 Å². The number of carbonyl (C=O) groups excluding carboxylic acids is 1. The van der Waals surface area contributed by atoms with Crippen molar-refractivity contribution in [3.05, 3.63) is 78.5 Å². The molecule has 3 aromatic rings. The van der Waals surface area contributed by atoms with E-state index >= 15 is 0 Å². The van der Waals surface area contributed by atoms with Crippen LogP contribution in [0, 0.1) is 0 Å². The van der Waals surface area contributed by atoms with E-state index < -0.39 is 0 Å². The van der Waals surface area contributed by atoms with Crippen LogP contribution in [0.1, 0.15) is 10.5 Å². The zero-order chi connectivity index (χ0) is 13.8. The number of pyridine rings is 1. The van der Waals surface area contributed by atoms with E-state index in [1.165, 1.54) is 11.1 Å². The summed E-state index contributed by atoms with van der Waals surface area (Å²) in [6.07, 6.45) is 0.766. The summed E-state index contributed by atoms with van der Waals surface area (Å²) in [4.78, 5) is 15.1. The molecule has 0 aliphatic rings. The number of rotatable bonds is 3. The van der Waals surface area contributed by atoms with Crippen molar-refractivity contribution >= 4 is 6.29 Å². The first-order valence-electron chi connectivity index (χ1n) is 6.45. The van der Waals surface area contributed by atoms with Crippen LogP contribution >= 0.6 is 0 Å². The van der Waals surface area contributed by atoms with Crippen LogP contribution in [0.15, 0.2) is 72.8 Å². The van der Waals surface area contributed by atoms with Gasteiger partial charge in [0.25, 0.3) is 0 Å². The molecule has 0 unspecified atom stereocenters. The third-order valence-corrected chi connectivity index (χ3v) is 3.18. The molecule has 0 bridgehead atoms. The monoisotopic (exact) mass is 259 g/mol. The number of nitrogens with zero attached hydrogens (tertiary/aromatic N) is 1. The summed E-state index contributed by atoms with van der Waals surface area (Å²) in [6.45, 7) is 0. The lowest BCUT2D eigenvalue weighted by Crippen LogP contribution is -1.89. The maximum Gasteiger partial charge on any atom is 0.168 e. The third kappa shape index (κ3) is 2.50. The zero-order valence-corrected chi connectivity index (χ0v) is 10.9. The highest BCUT2D eigenvalue weighted by molar-refractivity contribution is 5.74. The Kier molecular flexibility index (Phi) is 3.38. The predicted octanol–water partition coefficient (Wildman–Crippen LogP) is 4.23. The second-order valence-electron chi connectivity index (χ2n) is 4.51. The van der Waals surface area contributed by atoms with Gasteiger partial charge in [0.15, 0.2) is 6.29 Å². The molecule has 2 aromatic carbocycles. The van der Waals surface area contributed by atoms with E-state index in [1.54, 1.807) is 6.07 Å². The Morgan fingerprint density at radius 2 is 1.30 bits per heavy atom. The van der Waals surface area contributed by atoms with Gasteiger partial charge in [-0.25, -0.2) is 4.98 Å². The first-order chi connectivity index (χ1) is 9.86. The predicted molar refractivity (Wildman–Crippen MR) is 80.5 cm³/mol. The highest BCUT2D eigenvalue weighted by Crippen LogP contribution is 2.23. The molecule has 2 nitrogen and oxygen atoms in total. The Hall–Kier alpha value is -2.74. The molecule has 2 heteroatoms. The van der Waals surface area contributed by atoms with Gasteiger partial charge in [-0.3, -0.25) is 4.79 Å². The normalized spacial score (nSPS) is 10.2. The number of aromatic nitrogens is 1. The third-order valence-electron chi connectivity index (χ3n) is 3.18. The second-order valence-corrected chi connectivity index (χ2v) is 4.51. The van der Waals surface area contributed by atoms with Crippen LogP contribution in [-0.2, 0) is 0 Å². The molecule has 0 radical (unpaired) electrons. The van der Waals surface area contributed by atoms with Gasteiger partial charge in [0.2, 0.25) is 0 Å². The number of benzene rings is 2. The molecule has 0 aliphatic carbocycles. The van der Waals surface area contributed by atoms with Crippen LogP contribution in [0.25, 0.3) is 22.4 Å². The summed E-state index contributed by atoms with van der Waals surface area (Å²) < 4.78 is 0. The van der Waals surface area contributed by atoms with Gasteiger partial charge in [0.1, 0.15) is 5.69 Å². The van der Waals surface area contributed by atoms with Gasteiger partial charge in [-0.2, -0.15) is 0 Å². The number of hydrogen-bond donors (Lipinski definition) is 0. The smallest absolute Gasteiger partial charge is 0.168 e. The molecule has 0 saturated heterocycles. The topological polar surface area (TPSA) is 30.0 Å². The van der Waals surface area contributed by atoms with Crippen molar-refractivity contribution in [3.63, 3.8) is 0 Å². The van der Waals surface area contributed by atoms with E-state index in [4.69, 9.17) is 0 Å². The minimum absolute atomic E-state index is 0.453. The molecule has 96 valence electrons. The summed E-state index contributed by atoms with van der Waals surface area (Å²) in [5.41, 5.74) is 4.63. The van der Waals surface area contributed by atoms with Crippen LogP contribution in [0.4, 0.5) is 0 Å². The summed E-state index contributed by atoms with van der Waals surface area (Å²) in [5, 5.41) is 0. The molecule has 20 heavy (non-hydrogen) atoms. The first-order valence-corrected chi connectivity index (χ1v) is 6.45. The van der Waals surface area contributed by atoms with Crippen molar-refractivity contribution < 1.29 is 4.79 Å². The van der Waals surface area contributed by atoms with Crippen LogP contribution < -0.4 is 0 Å². The first kappa shape index (κ1) is 12.3. The minimum Gasteiger partial charge on any atom is -0.296 e. The summed E-state index contributed by atoms with van der Waals surface area (Å²) in [7, 11) is 0. The van der Waals surface area contributed by atoms with Gasteiger partial charge < -0.3 is 0 Å². The highest BCUT2D eigenvalue weighted by Gasteiger charge is 2.02. The fraction of sp³-hybridized carbons (Fsp3) is 0. The SMILES string of the molecule is O=Cc1cccc(-c2ccc(-c3ccccc3)cc2)n1. The van der Waals surface area contributed by atoms with Crippen molar-refractivity contribution in [1.82, 2.24) is 4.98 Å². The van der Waals surface area contributed by atoms with Gasteiger partial charge >= 0.3 is 0 Å². The lowest BCUT2D eigenvalue weighted by atomic mass is 10.0. The molecule has 1 heterocycles. The molecule has 0 spiro atoms. The minimum atomic E-state index is 0.453. The highest BCUT2D eigenvalue weighted by atomic mass is 16.1. The van der Waals surface area contributed by atoms with Crippen LogP contribution in [0.3, 0.4) is 0 Å². The molecule has 3 rings (SSSR count).